The summed E-state index contributed by atoms with van der Waals surface area (Å²) in [6, 6.07) is 7.15. The number of methoxy groups -OCH3 is 1. The molecule has 1 fully saturated rings. The van der Waals surface area contributed by atoms with Gasteiger partial charge in [-0.25, -0.2) is 4.79 Å². The van der Waals surface area contributed by atoms with Crippen molar-refractivity contribution in [1.82, 2.24) is 4.90 Å². The molecule has 0 saturated carbocycles. The SMILES string of the molecule is COC(=O)C1CCN(C(=O)OCc2ccc(Cl)cc2)CC1. The second kappa shape index (κ2) is 7.31. The third-order valence-electron chi connectivity index (χ3n) is 3.56. The molecule has 21 heavy (non-hydrogen) atoms. The third kappa shape index (κ3) is 4.36. The molecule has 0 N–H and O–H groups in total. The van der Waals surface area contributed by atoms with Crippen molar-refractivity contribution >= 4 is 23.7 Å². The van der Waals surface area contributed by atoms with E-state index in [-0.39, 0.29) is 24.6 Å². The van der Waals surface area contributed by atoms with E-state index in [0.29, 0.717) is 31.0 Å². The maximum Gasteiger partial charge on any atom is 0.410 e. The lowest BCUT2D eigenvalue weighted by molar-refractivity contribution is -0.146. The van der Waals surface area contributed by atoms with Crippen LogP contribution in [0.4, 0.5) is 4.79 Å². The van der Waals surface area contributed by atoms with Crippen LogP contribution in [-0.4, -0.2) is 37.2 Å². The van der Waals surface area contributed by atoms with E-state index in [1.54, 1.807) is 17.0 Å². The summed E-state index contributed by atoms with van der Waals surface area (Å²) in [5, 5.41) is 0.648. The van der Waals surface area contributed by atoms with Gasteiger partial charge in [0.15, 0.2) is 0 Å². The highest BCUT2D eigenvalue weighted by molar-refractivity contribution is 6.30. The van der Waals surface area contributed by atoms with Crippen LogP contribution < -0.4 is 0 Å². The Morgan fingerprint density at radius 2 is 1.86 bits per heavy atom. The fraction of sp³-hybridized carbons (Fsp3) is 0.467. The average molecular weight is 312 g/mol. The third-order valence-corrected chi connectivity index (χ3v) is 3.82. The van der Waals surface area contributed by atoms with Crippen molar-refractivity contribution in [3.05, 3.63) is 34.9 Å². The number of benzene rings is 1. The van der Waals surface area contributed by atoms with Crippen LogP contribution in [0.25, 0.3) is 0 Å². The van der Waals surface area contributed by atoms with E-state index in [4.69, 9.17) is 21.1 Å². The van der Waals surface area contributed by atoms with Gasteiger partial charge in [-0.05, 0) is 30.5 Å². The van der Waals surface area contributed by atoms with Gasteiger partial charge in [0.25, 0.3) is 0 Å². The molecular weight excluding hydrogens is 294 g/mol. The molecular formula is C15H18ClNO4. The normalized spacial score (nSPS) is 15.6. The Bertz CT molecular complexity index is 495. The molecule has 0 aliphatic carbocycles. The van der Waals surface area contributed by atoms with Crippen LogP contribution in [0.3, 0.4) is 0 Å². The molecule has 2 rings (SSSR count). The molecule has 1 aliphatic heterocycles. The molecule has 0 radical (unpaired) electrons. The number of likely N-dealkylation sites (tertiary alicyclic amines) is 1. The van der Waals surface area contributed by atoms with Crippen LogP contribution in [0.5, 0.6) is 0 Å². The number of halogens is 1. The molecule has 1 amide bonds. The van der Waals surface area contributed by atoms with Gasteiger partial charge >= 0.3 is 12.1 Å². The highest BCUT2D eigenvalue weighted by Gasteiger charge is 2.28. The van der Waals surface area contributed by atoms with Gasteiger partial charge in [0.1, 0.15) is 6.61 Å². The van der Waals surface area contributed by atoms with Crippen molar-refractivity contribution in [2.24, 2.45) is 5.92 Å². The first-order valence-electron chi connectivity index (χ1n) is 6.84. The first-order chi connectivity index (χ1) is 10.1. The minimum atomic E-state index is -0.353. The van der Waals surface area contributed by atoms with Gasteiger partial charge < -0.3 is 14.4 Å². The standard InChI is InChI=1S/C15H18ClNO4/c1-20-14(18)12-6-8-17(9-7-12)15(19)21-10-11-2-4-13(16)5-3-11/h2-5,12H,6-10H2,1H3. The molecule has 0 unspecified atom stereocenters. The molecule has 0 spiro atoms. The largest absolute Gasteiger partial charge is 0.469 e. The van der Waals surface area contributed by atoms with Gasteiger partial charge in [0, 0.05) is 18.1 Å². The molecule has 1 aliphatic rings. The summed E-state index contributed by atoms with van der Waals surface area (Å²) in [6.45, 7) is 1.24. The lowest BCUT2D eigenvalue weighted by atomic mass is 9.97. The fourth-order valence-electron chi connectivity index (χ4n) is 2.28. The summed E-state index contributed by atoms with van der Waals surface area (Å²) < 4.78 is 9.97. The fourth-order valence-corrected chi connectivity index (χ4v) is 2.41. The second-order valence-corrected chi connectivity index (χ2v) is 5.40. The Kier molecular flexibility index (Phi) is 5.44. The number of carbonyl (C=O) groups is 2. The quantitative estimate of drug-likeness (QED) is 0.805. The van der Waals surface area contributed by atoms with Crippen molar-refractivity contribution < 1.29 is 19.1 Å². The molecule has 1 heterocycles. The van der Waals surface area contributed by atoms with E-state index < -0.39 is 0 Å². The van der Waals surface area contributed by atoms with E-state index in [1.807, 2.05) is 12.1 Å². The van der Waals surface area contributed by atoms with Gasteiger partial charge in [0.2, 0.25) is 0 Å². The van der Waals surface area contributed by atoms with Gasteiger partial charge in [-0.2, -0.15) is 0 Å². The predicted octanol–water partition coefficient (Wildman–Crippen LogP) is 2.86. The number of hydrogen-bond acceptors (Lipinski definition) is 4. The Morgan fingerprint density at radius 3 is 2.43 bits per heavy atom. The summed E-state index contributed by atoms with van der Waals surface area (Å²) in [6.07, 6.45) is 0.874. The van der Waals surface area contributed by atoms with E-state index in [1.165, 1.54) is 7.11 Å². The van der Waals surface area contributed by atoms with Crippen LogP contribution >= 0.6 is 11.6 Å². The van der Waals surface area contributed by atoms with Crippen LogP contribution in [0, 0.1) is 5.92 Å². The number of nitrogens with zero attached hydrogens (tertiary/aromatic N) is 1. The molecule has 1 aromatic rings. The van der Waals surface area contributed by atoms with Crippen LogP contribution in [0.2, 0.25) is 5.02 Å². The topological polar surface area (TPSA) is 55.8 Å². The number of hydrogen-bond donors (Lipinski definition) is 0. The smallest absolute Gasteiger partial charge is 0.410 e. The molecule has 1 aromatic carbocycles. The van der Waals surface area contributed by atoms with E-state index in [0.717, 1.165) is 5.56 Å². The minimum absolute atomic E-state index is 0.115. The molecule has 6 heteroatoms. The number of piperidine rings is 1. The molecule has 1 saturated heterocycles. The summed E-state index contributed by atoms with van der Waals surface area (Å²) in [7, 11) is 1.38. The van der Waals surface area contributed by atoms with Crippen LogP contribution in [0.1, 0.15) is 18.4 Å². The zero-order valence-corrected chi connectivity index (χ0v) is 12.6. The molecule has 0 atom stereocenters. The van der Waals surface area contributed by atoms with Crippen LogP contribution in [0.15, 0.2) is 24.3 Å². The number of amides is 1. The summed E-state index contributed by atoms with van der Waals surface area (Å²) in [4.78, 5) is 25.0. The van der Waals surface area contributed by atoms with Gasteiger partial charge in [0.05, 0.1) is 13.0 Å². The maximum atomic E-state index is 11.9. The Hall–Kier alpha value is -1.75. The van der Waals surface area contributed by atoms with Crippen molar-refractivity contribution in [3.63, 3.8) is 0 Å². The minimum Gasteiger partial charge on any atom is -0.469 e. The average Bonchev–Trinajstić information content (AvgIpc) is 2.53. The molecule has 5 nitrogen and oxygen atoms in total. The van der Waals surface area contributed by atoms with Crippen LogP contribution in [-0.2, 0) is 20.9 Å². The van der Waals surface area contributed by atoms with Crippen molar-refractivity contribution in [2.45, 2.75) is 19.4 Å². The predicted molar refractivity (Wildman–Crippen MR) is 78.0 cm³/mol. The first kappa shape index (κ1) is 15.6. The Morgan fingerprint density at radius 1 is 1.24 bits per heavy atom. The number of rotatable bonds is 3. The zero-order chi connectivity index (χ0) is 15.2. The molecule has 0 bridgehead atoms. The molecule has 114 valence electrons. The van der Waals surface area contributed by atoms with E-state index in [2.05, 4.69) is 0 Å². The summed E-state index contributed by atoms with van der Waals surface area (Å²) in [5.41, 5.74) is 0.886. The van der Waals surface area contributed by atoms with Gasteiger partial charge in [-0.15, -0.1) is 0 Å². The van der Waals surface area contributed by atoms with E-state index in [9.17, 15) is 9.59 Å². The number of carbonyl (C=O) groups excluding carboxylic acids is 2. The number of esters is 1. The molecule has 0 aromatic heterocycles. The first-order valence-corrected chi connectivity index (χ1v) is 7.22. The maximum absolute atomic E-state index is 11.9. The van der Waals surface area contributed by atoms with E-state index >= 15 is 0 Å². The monoisotopic (exact) mass is 311 g/mol. The van der Waals surface area contributed by atoms with Gasteiger partial charge in [-0.3, -0.25) is 4.79 Å². The summed E-state index contributed by atoms with van der Waals surface area (Å²) >= 11 is 5.79. The number of ether oxygens (including phenoxy) is 2. The van der Waals surface area contributed by atoms with Crippen molar-refractivity contribution in [1.29, 1.82) is 0 Å². The lowest BCUT2D eigenvalue weighted by Crippen LogP contribution is -2.40. The Labute approximate surface area is 128 Å². The van der Waals surface area contributed by atoms with Crippen molar-refractivity contribution in [3.8, 4) is 0 Å². The highest BCUT2D eigenvalue weighted by Crippen LogP contribution is 2.19. The lowest BCUT2D eigenvalue weighted by Gasteiger charge is -2.29. The highest BCUT2D eigenvalue weighted by atomic mass is 35.5. The second-order valence-electron chi connectivity index (χ2n) is 4.97. The zero-order valence-electron chi connectivity index (χ0n) is 11.9. The van der Waals surface area contributed by atoms with Gasteiger partial charge in [-0.1, -0.05) is 23.7 Å². The Balaban J connectivity index is 1.77. The summed E-state index contributed by atoms with van der Waals surface area (Å²) in [5.74, 6) is -0.320. The van der Waals surface area contributed by atoms with Crippen molar-refractivity contribution in [2.75, 3.05) is 20.2 Å².